The van der Waals surface area contributed by atoms with Gasteiger partial charge in [-0.25, -0.2) is 4.99 Å². The second kappa shape index (κ2) is 9.50. The smallest absolute Gasteiger partial charge is 0.313 e. The van der Waals surface area contributed by atoms with Crippen LogP contribution in [0.4, 0.5) is 5.69 Å². The first-order valence-corrected chi connectivity index (χ1v) is 10.1. The van der Waals surface area contributed by atoms with Gasteiger partial charge in [0, 0.05) is 0 Å². The third-order valence-electron chi connectivity index (χ3n) is 3.59. The Morgan fingerprint density at radius 2 is 2.10 bits per heavy atom. The van der Waals surface area contributed by atoms with E-state index in [9.17, 15) is 14.4 Å². The molecule has 1 aliphatic heterocycles. The Hall–Kier alpha value is -3.25. The summed E-state index contributed by atoms with van der Waals surface area (Å²) in [6, 6.07) is 9.80. The van der Waals surface area contributed by atoms with E-state index < -0.39 is 23.4 Å². The quantitative estimate of drug-likeness (QED) is 0.585. The minimum Gasteiger partial charge on any atom is -0.495 e. The monoisotopic (exact) mass is 491 g/mol. The van der Waals surface area contributed by atoms with Crippen LogP contribution < -0.4 is 15.4 Å². The van der Waals surface area contributed by atoms with E-state index in [0.29, 0.717) is 16.1 Å². The number of amidine groups is 2. The fraction of sp³-hybridized carbons (Fsp3) is 0.111. The zero-order valence-electron chi connectivity index (χ0n) is 15.4. The van der Waals surface area contributed by atoms with E-state index in [2.05, 4.69) is 36.5 Å². The number of hydrogen-bond donors (Lipinski definition) is 3. The summed E-state index contributed by atoms with van der Waals surface area (Å²) in [5.41, 5.74) is 0.0563. The molecule has 0 fully saturated rings. The molecule has 0 saturated heterocycles. The maximum atomic E-state index is 12.2. The molecule has 1 aromatic heterocycles. The number of rotatable bonds is 5. The van der Waals surface area contributed by atoms with Crippen LogP contribution in [0.25, 0.3) is 0 Å². The number of anilines is 1. The lowest BCUT2D eigenvalue weighted by molar-refractivity contribution is -0.114. The SMILES string of the molecule is COc1ccccc1NC(=O)CSC1=NC(=N)C(=NC(=O)c2ccc(Br)o2)C(=O)N1. The van der Waals surface area contributed by atoms with E-state index in [0.717, 1.165) is 11.8 Å². The molecule has 3 rings (SSSR count). The molecule has 0 spiro atoms. The van der Waals surface area contributed by atoms with Gasteiger partial charge in [-0.2, -0.15) is 4.99 Å². The number of amides is 3. The number of carbonyl (C=O) groups is 3. The number of thioether (sulfide) groups is 1. The minimum absolute atomic E-state index is 0.0484. The van der Waals surface area contributed by atoms with Gasteiger partial charge in [0.15, 0.2) is 27.1 Å². The molecular formula is C18H14BrN5O5S. The van der Waals surface area contributed by atoms with E-state index in [-0.39, 0.29) is 22.6 Å². The second-order valence-electron chi connectivity index (χ2n) is 5.63. The van der Waals surface area contributed by atoms with Crippen LogP contribution in [-0.2, 0) is 9.59 Å². The first-order valence-electron chi connectivity index (χ1n) is 8.30. The van der Waals surface area contributed by atoms with Crippen LogP contribution in [0.1, 0.15) is 10.6 Å². The standard InChI is InChI=1S/C18H14BrN5O5S/c1-28-10-5-3-2-4-9(10)21-13(25)8-30-18-23-15(20)14(17(27)24-18)22-16(26)11-6-7-12(19)29-11/h2-7H,8H2,1H3,(H,21,25)(H2,20,23,24,27). The highest BCUT2D eigenvalue weighted by atomic mass is 79.9. The zero-order chi connectivity index (χ0) is 21.7. The molecule has 1 aromatic carbocycles. The molecule has 0 aliphatic carbocycles. The molecule has 0 unspecified atom stereocenters. The summed E-state index contributed by atoms with van der Waals surface area (Å²) in [5.74, 6) is -2.10. The van der Waals surface area contributed by atoms with Crippen molar-refractivity contribution < 1.29 is 23.5 Å². The lowest BCUT2D eigenvalue weighted by Gasteiger charge is -2.15. The van der Waals surface area contributed by atoms with Crippen LogP contribution in [0.5, 0.6) is 5.75 Å². The van der Waals surface area contributed by atoms with Crippen molar-refractivity contribution in [2.24, 2.45) is 9.98 Å². The molecule has 3 N–H and O–H groups in total. The molecule has 2 heterocycles. The van der Waals surface area contributed by atoms with E-state index in [1.165, 1.54) is 19.2 Å². The molecule has 30 heavy (non-hydrogen) atoms. The van der Waals surface area contributed by atoms with Gasteiger partial charge in [0.2, 0.25) is 5.91 Å². The van der Waals surface area contributed by atoms with Crippen molar-refractivity contribution in [3.05, 3.63) is 46.8 Å². The van der Waals surface area contributed by atoms with Crippen molar-refractivity contribution in [3.8, 4) is 5.75 Å². The Labute approximate surface area is 182 Å². The van der Waals surface area contributed by atoms with Crippen LogP contribution in [0.2, 0.25) is 0 Å². The number of nitrogens with zero attached hydrogens (tertiary/aromatic N) is 2. The number of furan rings is 1. The second-order valence-corrected chi connectivity index (χ2v) is 7.37. The Bertz CT molecular complexity index is 1090. The Balaban J connectivity index is 1.62. The first kappa shape index (κ1) is 21.5. The summed E-state index contributed by atoms with van der Waals surface area (Å²) in [5, 5.41) is 13.0. The van der Waals surface area contributed by atoms with E-state index >= 15 is 0 Å². The van der Waals surface area contributed by atoms with Gasteiger partial charge in [0.05, 0.1) is 18.6 Å². The van der Waals surface area contributed by atoms with Gasteiger partial charge in [-0.1, -0.05) is 23.9 Å². The van der Waals surface area contributed by atoms with Gasteiger partial charge in [0.25, 0.3) is 5.91 Å². The Kier molecular flexibility index (Phi) is 6.79. The van der Waals surface area contributed by atoms with Crippen LogP contribution >= 0.6 is 27.7 Å². The molecule has 0 radical (unpaired) electrons. The number of hydrogen-bond acceptors (Lipinski definition) is 7. The summed E-state index contributed by atoms with van der Waals surface area (Å²) in [6.45, 7) is 0. The third kappa shape index (κ3) is 5.21. The van der Waals surface area contributed by atoms with Crippen molar-refractivity contribution in [1.29, 1.82) is 5.41 Å². The highest BCUT2D eigenvalue weighted by molar-refractivity contribution is 9.10. The highest BCUT2D eigenvalue weighted by Crippen LogP contribution is 2.23. The average Bonchev–Trinajstić information content (AvgIpc) is 3.16. The number of nitrogens with one attached hydrogen (secondary N) is 3. The molecule has 1 aliphatic rings. The molecule has 12 heteroatoms. The number of halogens is 1. The molecule has 0 atom stereocenters. The Morgan fingerprint density at radius 3 is 2.77 bits per heavy atom. The van der Waals surface area contributed by atoms with Gasteiger partial charge in [0.1, 0.15) is 5.75 Å². The topological polar surface area (TPSA) is 146 Å². The maximum Gasteiger partial charge on any atom is 0.313 e. The predicted octanol–water partition coefficient (Wildman–Crippen LogP) is 2.47. The van der Waals surface area contributed by atoms with E-state index in [4.69, 9.17) is 14.6 Å². The predicted molar refractivity (Wildman–Crippen MR) is 116 cm³/mol. The highest BCUT2D eigenvalue weighted by Gasteiger charge is 2.27. The number of methoxy groups -OCH3 is 1. The van der Waals surface area contributed by atoms with Crippen molar-refractivity contribution in [2.75, 3.05) is 18.2 Å². The van der Waals surface area contributed by atoms with Gasteiger partial charge in [-0.05, 0) is 40.2 Å². The number of para-hydroxylation sites is 2. The first-order chi connectivity index (χ1) is 14.4. The molecule has 0 saturated carbocycles. The van der Waals surface area contributed by atoms with Crippen LogP contribution in [0, 0.1) is 5.41 Å². The fourth-order valence-electron chi connectivity index (χ4n) is 2.27. The summed E-state index contributed by atoms with van der Waals surface area (Å²) < 4.78 is 10.6. The molecule has 3 amide bonds. The van der Waals surface area contributed by atoms with E-state index in [1.807, 2.05) is 0 Å². The minimum atomic E-state index is -0.821. The fourth-order valence-corrected chi connectivity index (χ4v) is 3.24. The third-order valence-corrected chi connectivity index (χ3v) is 4.89. The summed E-state index contributed by atoms with van der Waals surface area (Å²) in [7, 11) is 1.49. The normalized spacial score (nSPS) is 14.9. The number of carbonyl (C=O) groups excluding carboxylic acids is 3. The average molecular weight is 492 g/mol. The van der Waals surface area contributed by atoms with Gasteiger partial charge in [-0.15, -0.1) is 0 Å². The van der Waals surface area contributed by atoms with Crippen molar-refractivity contribution in [1.82, 2.24) is 5.32 Å². The lowest BCUT2D eigenvalue weighted by atomic mass is 10.3. The molecule has 10 nitrogen and oxygen atoms in total. The van der Waals surface area contributed by atoms with Crippen LogP contribution in [-0.4, -0.2) is 47.3 Å². The number of benzene rings is 1. The maximum absolute atomic E-state index is 12.2. The molecule has 2 aromatic rings. The van der Waals surface area contributed by atoms with Crippen molar-refractivity contribution >= 4 is 67.8 Å². The van der Waals surface area contributed by atoms with Crippen molar-refractivity contribution in [2.45, 2.75) is 0 Å². The summed E-state index contributed by atoms with van der Waals surface area (Å²) >= 11 is 3.99. The molecule has 154 valence electrons. The van der Waals surface area contributed by atoms with Gasteiger partial charge >= 0.3 is 5.91 Å². The summed E-state index contributed by atoms with van der Waals surface area (Å²) in [4.78, 5) is 43.9. The number of ether oxygens (including phenoxy) is 1. The van der Waals surface area contributed by atoms with Gasteiger partial charge in [-0.3, -0.25) is 25.1 Å². The van der Waals surface area contributed by atoms with Gasteiger partial charge < -0.3 is 14.5 Å². The largest absolute Gasteiger partial charge is 0.495 e. The van der Waals surface area contributed by atoms with E-state index in [1.54, 1.807) is 24.3 Å². The van der Waals surface area contributed by atoms with Crippen molar-refractivity contribution in [3.63, 3.8) is 0 Å². The van der Waals surface area contributed by atoms with Crippen LogP contribution in [0.15, 0.2) is 55.5 Å². The summed E-state index contributed by atoms with van der Waals surface area (Å²) in [6.07, 6.45) is 0. The Morgan fingerprint density at radius 1 is 1.33 bits per heavy atom. The van der Waals surface area contributed by atoms with Crippen LogP contribution in [0.3, 0.4) is 0 Å². The molecule has 0 bridgehead atoms. The zero-order valence-corrected chi connectivity index (χ0v) is 17.8. The number of aliphatic imine (C=N–C) groups is 2. The lowest BCUT2D eigenvalue weighted by Crippen LogP contribution is -2.43. The molecular weight excluding hydrogens is 478 g/mol.